The first-order chi connectivity index (χ1) is 8.79. The van der Waals surface area contributed by atoms with Gasteiger partial charge < -0.3 is 9.47 Å². The third-order valence-electron chi connectivity index (χ3n) is 2.22. The van der Waals surface area contributed by atoms with Gasteiger partial charge in [0.25, 0.3) is 0 Å². The number of hydrogen-bond acceptors (Lipinski definition) is 6. The minimum Gasteiger partial charge on any atom is -0.497 e. The summed E-state index contributed by atoms with van der Waals surface area (Å²) in [4.78, 5) is 0. The van der Waals surface area contributed by atoms with Gasteiger partial charge in [-0.05, 0) is 34.7 Å². The lowest BCUT2D eigenvalue weighted by Crippen LogP contribution is -2.02. The third kappa shape index (κ3) is 3.36. The van der Waals surface area contributed by atoms with Crippen LogP contribution in [0.5, 0.6) is 11.5 Å². The number of ether oxygens (including phenoxy) is 2. The summed E-state index contributed by atoms with van der Waals surface area (Å²) < 4.78 is 12.3. The van der Waals surface area contributed by atoms with Crippen molar-refractivity contribution in [1.29, 1.82) is 0 Å². The molecule has 0 amide bonds. The summed E-state index contributed by atoms with van der Waals surface area (Å²) in [7, 11) is 3.45. The zero-order valence-corrected chi connectivity index (χ0v) is 11.1. The van der Waals surface area contributed by atoms with Crippen molar-refractivity contribution < 1.29 is 9.47 Å². The summed E-state index contributed by atoms with van der Waals surface area (Å²) in [5.74, 6) is 2.44. The van der Waals surface area contributed by atoms with E-state index >= 15 is 0 Å². The van der Waals surface area contributed by atoms with E-state index in [1.165, 1.54) is 0 Å². The van der Waals surface area contributed by atoms with Gasteiger partial charge in [-0.2, -0.15) is 0 Å². The average Bonchev–Trinajstić information content (AvgIpc) is 2.81. The molecule has 0 radical (unpaired) electrons. The standard InChI is InChI=1S/C11H14N4O2S/c1-15-11(12-13-14-15)18-8-7-17-10-5-3-9(16-2)4-6-10/h3-6H,7-8H2,1-2H3. The molecule has 18 heavy (non-hydrogen) atoms. The van der Waals surface area contributed by atoms with Crippen LogP contribution in [-0.2, 0) is 7.05 Å². The third-order valence-corrected chi connectivity index (χ3v) is 3.20. The highest BCUT2D eigenvalue weighted by molar-refractivity contribution is 7.99. The molecule has 0 spiro atoms. The van der Waals surface area contributed by atoms with E-state index in [1.807, 2.05) is 31.3 Å². The Morgan fingerprint density at radius 1 is 1.22 bits per heavy atom. The van der Waals surface area contributed by atoms with Crippen molar-refractivity contribution >= 4 is 11.8 Å². The Balaban J connectivity index is 1.73. The minimum absolute atomic E-state index is 0.601. The first kappa shape index (κ1) is 12.7. The van der Waals surface area contributed by atoms with E-state index in [-0.39, 0.29) is 0 Å². The highest BCUT2D eigenvalue weighted by atomic mass is 32.2. The van der Waals surface area contributed by atoms with Crippen LogP contribution in [0.4, 0.5) is 0 Å². The van der Waals surface area contributed by atoms with Gasteiger partial charge in [0.05, 0.1) is 13.7 Å². The Kier molecular flexibility index (Phi) is 4.40. The Labute approximate surface area is 109 Å². The van der Waals surface area contributed by atoms with E-state index in [1.54, 1.807) is 23.6 Å². The van der Waals surface area contributed by atoms with Gasteiger partial charge in [-0.1, -0.05) is 11.8 Å². The van der Waals surface area contributed by atoms with Crippen LogP contribution < -0.4 is 9.47 Å². The number of aryl methyl sites for hydroxylation is 1. The predicted molar refractivity (Wildman–Crippen MR) is 68.0 cm³/mol. The van der Waals surface area contributed by atoms with E-state index in [0.29, 0.717) is 6.61 Å². The Morgan fingerprint density at radius 3 is 2.56 bits per heavy atom. The number of thioether (sulfide) groups is 1. The van der Waals surface area contributed by atoms with Crippen LogP contribution in [0, 0.1) is 0 Å². The van der Waals surface area contributed by atoms with Crippen molar-refractivity contribution in [2.75, 3.05) is 19.5 Å². The lowest BCUT2D eigenvalue weighted by molar-refractivity contribution is 0.342. The maximum Gasteiger partial charge on any atom is 0.209 e. The Hall–Kier alpha value is -1.76. The second-order valence-electron chi connectivity index (χ2n) is 3.46. The molecule has 96 valence electrons. The summed E-state index contributed by atoms with van der Waals surface area (Å²) in [6.45, 7) is 0.601. The molecule has 2 rings (SSSR count). The van der Waals surface area contributed by atoms with E-state index in [2.05, 4.69) is 15.5 Å². The van der Waals surface area contributed by atoms with Crippen LogP contribution in [0.2, 0.25) is 0 Å². The number of rotatable bonds is 6. The summed E-state index contributed by atoms with van der Waals surface area (Å²) in [5, 5.41) is 12.0. The molecular formula is C11H14N4O2S. The van der Waals surface area contributed by atoms with Gasteiger partial charge in [-0.3, -0.25) is 0 Å². The second kappa shape index (κ2) is 6.25. The molecule has 0 bridgehead atoms. The van der Waals surface area contributed by atoms with Crippen LogP contribution in [0.25, 0.3) is 0 Å². The number of aromatic nitrogens is 4. The predicted octanol–water partition coefficient (Wildman–Crippen LogP) is 1.39. The van der Waals surface area contributed by atoms with Gasteiger partial charge in [-0.15, -0.1) is 5.10 Å². The zero-order valence-electron chi connectivity index (χ0n) is 10.2. The first-order valence-corrected chi connectivity index (χ1v) is 6.40. The summed E-state index contributed by atoms with van der Waals surface area (Å²) >= 11 is 1.56. The molecule has 7 heteroatoms. The largest absolute Gasteiger partial charge is 0.497 e. The SMILES string of the molecule is COc1ccc(OCCSc2nnnn2C)cc1. The highest BCUT2D eigenvalue weighted by Gasteiger charge is 2.02. The van der Waals surface area contributed by atoms with Gasteiger partial charge in [0.15, 0.2) is 0 Å². The van der Waals surface area contributed by atoms with E-state index in [4.69, 9.17) is 9.47 Å². The topological polar surface area (TPSA) is 62.1 Å². The Morgan fingerprint density at radius 2 is 1.94 bits per heavy atom. The van der Waals surface area contributed by atoms with Crippen LogP contribution in [0.15, 0.2) is 29.4 Å². The highest BCUT2D eigenvalue weighted by Crippen LogP contribution is 2.18. The molecule has 6 nitrogen and oxygen atoms in total. The van der Waals surface area contributed by atoms with E-state index in [9.17, 15) is 0 Å². The normalized spacial score (nSPS) is 10.3. The summed E-state index contributed by atoms with van der Waals surface area (Å²) in [6.07, 6.45) is 0. The maximum absolute atomic E-state index is 5.59. The van der Waals surface area contributed by atoms with Crippen LogP contribution in [0.3, 0.4) is 0 Å². The van der Waals surface area contributed by atoms with Crippen molar-refractivity contribution in [3.63, 3.8) is 0 Å². The number of benzene rings is 1. The van der Waals surface area contributed by atoms with Crippen molar-refractivity contribution in [1.82, 2.24) is 20.2 Å². The maximum atomic E-state index is 5.59. The fraction of sp³-hybridized carbons (Fsp3) is 0.364. The molecule has 1 aromatic heterocycles. The molecule has 1 heterocycles. The number of hydrogen-bond donors (Lipinski definition) is 0. The molecule has 0 N–H and O–H groups in total. The minimum atomic E-state index is 0.601. The van der Waals surface area contributed by atoms with Gasteiger partial charge >= 0.3 is 0 Å². The molecule has 0 aliphatic carbocycles. The van der Waals surface area contributed by atoms with Crippen molar-refractivity contribution in [3.8, 4) is 11.5 Å². The van der Waals surface area contributed by atoms with Crippen molar-refractivity contribution in [2.45, 2.75) is 5.16 Å². The van der Waals surface area contributed by atoms with E-state index in [0.717, 1.165) is 22.4 Å². The van der Waals surface area contributed by atoms with Crippen LogP contribution in [-0.4, -0.2) is 39.7 Å². The summed E-state index contributed by atoms with van der Waals surface area (Å²) in [5.41, 5.74) is 0. The van der Waals surface area contributed by atoms with Gasteiger partial charge in [0.1, 0.15) is 11.5 Å². The number of nitrogens with zero attached hydrogens (tertiary/aromatic N) is 4. The smallest absolute Gasteiger partial charge is 0.209 e. The molecule has 0 fully saturated rings. The second-order valence-corrected chi connectivity index (χ2v) is 4.52. The van der Waals surface area contributed by atoms with Crippen molar-refractivity contribution in [3.05, 3.63) is 24.3 Å². The molecule has 0 saturated heterocycles. The molecule has 1 aromatic carbocycles. The molecule has 0 aliphatic heterocycles. The van der Waals surface area contributed by atoms with Crippen LogP contribution >= 0.6 is 11.8 Å². The number of methoxy groups -OCH3 is 1. The fourth-order valence-electron chi connectivity index (χ4n) is 1.31. The molecule has 0 unspecified atom stereocenters. The van der Waals surface area contributed by atoms with Gasteiger partial charge in [0.2, 0.25) is 5.16 Å². The molecule has 2 aromatic rings. The monoisotopic (exact) mass is 266 g/mol. The molecule has 0 atom stereocenters. The summed E-state index contributed by atoms with van der Waals surface area (Å²) in [6, 6.07) is 7.50. The van der Waals surface area contributed by atoms with Crippen LogP contribution in [0.1, 0.15) is 0 Å². The molecular weight excluding hydrogens is 252 g/mol. The Bertz CT molecular complexity index is 486. The average molecular weight is 266 g/mol. The molecule has 0 saturated carbocycles. The van der Waals surface area contributed by atoms with Crippen molar-refractivity contribution in [2.24, 2.45) is 7.05 Å². The lowest BCUT2D eigenvalue weighted by Gasteiger charge is -2.06. The first-order valence-electron chi connectivity index (χ1n) is 5.41. The van der Waals surface area contributed by atoms with E-state index < -0.39 is 0 Å². The van der Waals surface area contributed by atoms with Gasteiger partial charge in [0, 0.05) is 12.8 Å². The fourth-order valence-corrected chi connectivity index (χ4v) is 1.97. The number of tetrazole rings is 1. The van der Waals surface area contributed by atoms with Gasteiger partial charge in [-0.25, -0.2) is 4.68 Å². The quantitative estimate of drug-likeness (QED) is 0.581. The lowest BCUT2D eigenvalue weighted by atomic mass is 10.3. The molecule has 0 aliphatic rings. The zero-order chi connectivity index (χ0) is 12.8.